The first-order chi connectivity index (χ1) is 7.22. The van der Waals surface area contributed by atoms with Gasteiger partial charge in [-0.2, -0.15) is 0 Å². The molecule has 0 amide bonds. The van der Waals surface area contributed by atoms with E-state index >= 15 is 0 Å². The van der Waals surface area contributed by atoms with Crippen LogP contribution in [0.5, 0.6) is 5.75 Å². The number of ether oxygens (including phenoxy) is 1. The largest absolute Gasteiger partial charge is 0.496 e. The highest BCUT2D eigenvalue weighted by atomic mass is 16.5. The molecule has 0 radical (unpaired) electrons. The second-order valence-electron chi connectivity index (χ2n) is 4.53. The number of benzene rings is 1. The third-order valence-electron chi connectivity index (χ3n) is 3.50. The summed E-state index contributed by atoms with van der Waals surface area (Å²) in [5.74, 6) is 2.36. The van der Waals surface area contributed by atoms with Crippen LogP contribution in [0.15, 0.2) is 24.3 Å². The Morgan fingerprint density at radius 2 is 2.00 bits per heavy atom. The molecule has 0 spiro atoms. The maximum atomic E-state index is 5.88. The van der Waals surface area contributed by atoms with E-state index in [2.05, 4.69) is 19.1 Å². The van der Waals surface area contributed by atoms with Gasteiger partial charge in [0.05, 0.1) is 7.11 Å². The molecule has 1 saturated carbocycles. The third-order valence-corrected chi connectivity index (χ3v) is 3.50. The lowest BCUT2D eigenvalue weighted by Gasteiger charge is -2.38. The van der Waals surface area contributed by atoms with E-state index in [9.17, 15) is 0 Å². The van der Waals surface area contributed by atoms with Gasteiger partial charge in [-0.25, -0.2) is 0 Å². The van der Waals surface area contributed by atoms with Crippen molar-refractivity contribution in [2.75, 3.05) is 7.11 Å². The van der Waals surface area contributed by atoms with Crippen LogP contribution in [0, 0.1) is 5.92 Å². The smallest absolute Gasteiger partial charge is 0.122 e. The molecular formula is C13H19NO. The number of methoxy groups -OCH3 is 1. The molecule has 15 heavy (non-hydrogen) atoms. The highest BCUT2D eigenvalue weighted by Crippen LogP contribution is 2.45. The molecule has 1 fully saturated rings. The van der Waals surface area contributed by atoms with Gasteiger partial charge in [0.2, 0.25) is 0 Å². The molecule has 82 valence electrons. The van der Waals surface area contributed by atoms with E-state index in [1.165, 1.54) is 18.4 Å². The van der Waals surface area contributed by atoms with Gasteiger partial charge in [0.15, 0.2) is 0 Å². The molecule has 1 unspecified atom stereocenters. The third kappa shape index (κ3) is 2.00. The zero-order chi connectivity index (χ0) is 10.8. The Bertz CT molecular complexity index is 329. The molecule has 2 heteroatoms. The predicted octanol–water partition coefficient (Wildman–Crippen LogP) is 2.54. The van der Waals surface area contributed by atoms with Crippen LogP contribution in [0.1, 0.15) is 31.2 Å². The lowest BCUT2D eigenvalue weighted by atomic mass is 9.68. The van der Waals surface area contributed by atoms with Crippen LogP contribution in [0.3, 0.4) is 0 Å². The molecule has 0 aromatic heterocycles. The van der Waals surface area contributed by atoms with E-state index in [4.69, 9.17) is 10.5 Å². The van der Waals surface area contributed by atoms with Gasteiger partial charge in [-0.15, -0.1) is 0 Å². The van der Waals surface area contributed by atoms with E-state index in [0.29, 0.717) is 17.9 Å². The Morgan fingerprint density at radius 1 is 1.33 bits per heavy atom. The van der Waals surface area contributed by atoms with Crippen LogP contribution in [-0.2, 0) is 0 Å². The van der Waals surface area contributed by atoms with Crippen LogP contribution in [0.2, 0.25) is 0 Å². The van der Waals surface area contributed by atoms with Crippen molar-refractivity contribution in [3.63, 3.8) is 0 Å². The highest BCUT2D eigenvalue weighted by molar-refractivity contribution is 5.37. The Kier molecular flexibility index (Phi) is 2.96. The predicted molar refractivity (Wildman–Crippen MR) is 62.1 cm³/mol. The van der Waals surface area contributed by atoms with E-state index in [0.717, 1.165) is 5.75 Å². The second kappa shape index (κ2) is 4.23. The molecule has 1 atom stereocenters. The van der Waals surface area contributed by atoms with Crippen molar-refractivity contribution < 1.29 is 4.74 Å². The Hall–Kier alpha value is -1.02. The van der Waals surface area contributed by atoms with Crippen molar-refractivity contribution in [2.45, 2.75) is 31.7 Å². The molecule has 1 aliphatic carbocycles. The summed E-state index contributed by atoms with van der Waals surface area (Å²) in [7, 11) is 1.74. The van der Waals surface area contributed by atoms with E-state index < -0.39 is 0 Å². The van der Waals surface area contributed by atoms with Crippen molar-refractivity contribution in [3.8, 4) is 5.75 Å². The summed E-state index contributed by atoms with van der Waals surface area (Å²) in [6, 6.07) is 8.63. The number of hydrogen-bond acceptors (Lipinski definition) is 2. The molecule has 0 aliphatic heterocycles. The maximum Gasteiger partial charge on any atom is 0.122 e. The lowest BCUT2D eigenvalue weighted by molar-refractivity contribution is 0.225. The van der Waals surface area contributed by atoms with Crippen LogP contribution < -0.4 is 10.5 Å². The van der Waals surface area contributed by atoms with Crippen LogP contribution in [0.4, 0.5) is 0 Å². The summed E-state index contributed by atoms with van der Waals surface area (Å²) in [6.45, 7) is 2.10. The van der Waals surface area contributed by atoms with Crippen LogP contribution >= 0.6 is 0 Å². The SMILES string of the molecule is COc1ccccc1C1CC(C(C)N)C1. The summed E-state index contributed by atoms with van der Waals surface area (Å²) in [6.07, 6.45) is 2.41. The van der Waals surface area contributed by atoms with Gasteiger partial charge >= 0.3 is 0 Å². The Morgan fingerprint density at radius 3 is 2.60 bits per heavy atom. The molecular weight excluding hydrogens is 186 g/mol. The number of para-hydroxylation sites is 1. The van der Waals surface area contributed by atoms with E-state index in [1.54, 1.807) is 7.11 Å². The van der Waals surface area contributed by atoms with Crippen molar-refractivity contribution in [1.82, 2.24) is 0 Å². The number of rotatable bonds is 3. The van der Waals surface area contributed by atoms with Crippen molar-refractivity contribution in [1.29, 1.82) is 0 Å². The molecule has 1 aromatic carbocycles. The molecule has 1 aliphatic rings. The van der Waals surface area contributed by atoms with Gasteiger partial charge in [-0.1, -0.05) is 18.2 Å². The van der Waals surface area contributed by atoms with Gasteiger partial charge in [0.25, 0.3) is 0 Å². The summed E-state index contributed by atoms with van der Waals surface area (Å²) >= 11 is 0. The monoisotopic (exact) mass is 205 g/mol. The first-order valence-electron chi connectivity index (χ1n) is 5.61. The van der Waals surface area contributed by atoms with Gasteiger partial charge in [0, 0.05) is 6.04 Å². The lowest BCUT2D eigenvalue weighted by Crippen LogP contribution is -2.36. The van der Waals surface area contributed by atoms with Crippen molar-refractivity contribution in [2.24, 2.45) is 11.7 Å². The van der Waals surface area contributed by atoms with Gasteiger partial charge in [0.1, 0.15) is 5.75 Å². The van der Waals surface area contributed by atoms with Crippen molar-refractivity contribution >= 4 is 0 Å². The summed E-state index contributed by atoms with van der Waals surface area (Å²) in [5, 5.41) is 0. The molecule has 0 saturated heterocycles. The summed E-state index contributed by atoms with van der Waals surface area (Å²) in [5.41, 5.74) is 7.22. The fraction of sp³-hybridized carbons (Fsp3) is 0.538. The highest BCUT2D eigenvalue weighted by Gasteiger charge is 2.33. The van der Waals surface area contributed by atoms with Gasteiger partial charge in [-0.3, -0.25) is 0 Å². The standard InChI is InChI=1S/C13H19NO/c1-9(14)10-7-11(8-10)12-5-3-4-6-13(12)15-2/h3-6,9-11H,7-8,14H2,1-2H3. The summed E-state index contributed by atoms with van der Waals surface area (Å²) in [4.78, 5) is 0. The molecule has 0 bridgehead atoms. The normalized spacial score (nSPS) is 26.9. The topological polar surface area (TPSA) is 35.2 Å². The average molecular weight is 205 g/mol. The first-order valence-corrected chi connectivity index (χ1v) is 5.61. The zero-order valence-corrected chi connectivity index (χ0v) is 9.44. The second-order valence-corrected chi connectivity index (χ2v) is 4.53. The maximum absolute atomic E-state index is 5.88. The van der Waals surface area contributed by atoms with Crippen LogP contribution in [0.25, 0.3) is 0 Å². The summed E-state index contributed by atoms with van der Waals surface area (Å²) < 4.78 is 5.37. The Balaban J connectivity index is 2.06. The van der Waals surface area contributed by atoms with Crippen molar-refractivity contribution in [3.05, 3.63) is 29.8 Å². The molecule has 2 rings (SSSR count). The Labute approximate surface area is 91.4 Å². The number of hydrogen-bond donors (Lipinski definition) is 1. The average Bonchev–Trinajstić information content (AvgIpc) is 2.15. The minimum Gasteiger partial charge on any atom is -0.496 e. The quantitative estimate of drug-likeness (QED) is 0.823. The van der Waals surface area contributed by atoms with Crippen LogP contribution in [-0.4, -0.2) is 13.2 Å². The molecule has 1 aromatic rings. The van der Waals surface area contributed by atoms with Gasteiger partial charge in [-0.05, 0) is 43.2 Å². The zero-order valence-electron chi connectivity index (χ0n) is 9.44. The minimum atomic E-state index is 0.330. The molecule has 2 N–H and O–H groups in total. The fourth-order valence-electron chi connectivity index (χ4n) is 2.35. The van der Waals surface area contributed by atoms with Gasteiger partial charge < -0.3 is 10.5 Å². The minimum absolute atomic E-state index is 0.330. The fourth-order valence-corrected chi connectivity index (χ4v) is 2.35. The molecule has 2 nitrogen and oxygen atoms in total. The molecule has 0 heterocycles. The first kappa shape index (κ1) is 10.5. The number of nitrogens with two attached hydrogens (primary N) is 1. The van der Waals surface area contributed by atoms with E-state index in [1.807, 2.05) is 12.1 Å². The van der Waals surface area contributed by atoms with E-state index in [-0.39, 0.29) is 0 Å².